The number of hydrogen-bond acceptors (Lipinski definition) is 7. The summed E-state index contributed by atoms with van der Waals surface area (Å²) in [6, 6.07) is -1.04. The van der Waals surface area contributed by atoms with Crippen LogP contribution >= 0.6 is 0 Å². The predicted octanol–water partition coefficient (Wildman–Crippen LogP) is -0.887. The number of carbonyl (C=O) groups is 4. The van der Waals surface area contributed by atoms with Gasteiger partial charge in [-0.05, 0) is 18.6 Å². The summed E-state index contributed by atoms with van der Waals surface area (Å²) >= 11 is 0. The Morgan fingerprint density at radius 2 is 1.56 bits per heavy atom. The second-order valence-electron chi connectivity index (χ2n) is 3.76. The van der Waals surface area contributed by atoms with Gasteiger partial charge in [0.1, 0.15) is 6.04 Å². The summed E-state index contributed by atoms with van der Waals surface area (Å²) in [6.45, 7) is 0. The zero-order valence-electron chi connectivity index (χ0n) is 9.17. The fraction of sp³-hybridized carbons (Fsp3) is 0.273. The summed E-state index contributed by atoms with van der Waals surface area (Å²) in [7, 11) is 0. The molecule has 0 unspecified atom stereocenters. The normalized spacial score (nSPS) is 24.8. The molecule has 2 rings (SSSR count). The number of carbonyl (C=O) groups excluding carboxylic acids is 4. The van der Waals surface area contributed by atoms with E-state index in [-0.39, 0.29) is 12.8 Å². The summed E-state index contributed by atoms with van der Waals surface area (Å²) < 4.78 is 9.48. The number of ether oxygens (including phenoxy) is 2. The first-order valence-electron chi connectivity index (χ1n) is 5.18. The maximum atomic E-state index is 11.5. The molecule has 0 fully saturated rings. The van der Waals surface area contributed by atoms with E-state index in [4.69, 9.17) is 15.2 Å². The van der Waals surface area contributed by atoms with Crippen molar-refractivity contribution in [1.29, 1.82) is 0 Å². The maximum Gasteiger partial charge on any atom is 0.328 e. The van der Waals surface area contributed by atoms with Gasteiger partial charge in [0.2, 0.25) is 23.1 Å². The van der Waals surface area contributed by atoms with Gasteiger partial charge in [-0.2, -0.15) is 0 Å². The summed E-state index contributed by atoms with van der Waals surface area (Å²) in [5, 5.41) is 0. The molecule has 1 aliphatic carbocycles. The van der Waals surface area contributed by atoms with Crippen molar-refractivity contribution in [3.63, 3.8) is 0 Å². The number of esters is 2. The zero-order valence-corrected chi connectivity index (χ0v) is 9.17. The number of ketones is 2. The Morgan fingerprint density at radius 1 is 1.00 bits per heavy atom. The molecule has 94 valence electrons. The van der Waals surface area contributed by atoms with Gasteiger partial charge in [-0.15, -0.1) is 0 Å². The monoisotopic (exact) mass is 251 g/mol. The molecule has 0 aromatic rings. The van der Waals surface area contributed by atoms with Gasteiger partial charge in [0.05, 0.1) is 0 Å². The lowest BCUT2D eigenvalue weighted by atomic mass is 10.1. The zero-order chi connectivity index (χ0) is 13.3. The average molecular weight is 251 g/mol. The first kappa shape index (κ1) is 12.2. The molecule has 7 heteroatoms. The fourth-order valence-electron chi connectivity index (χ4n) is 1.45. The minimum atomic E-state index is -1.04. The van der Waals surface area contributed by atoms with Gasteiger partial charge in [-0.1, -0.05) is 0 Å². The second kappa shape index (κ2) is 4.53. The number of hydrogen-bond donors (Lipinski definition) is 1. The van der Waals surface area contributed by atoms with Crippen LogP contribution in [0.15, 0.2) is 23.7 Å². The highest BCUT2D eigenvalue weighted by molar-refractivity contribution is 6.19. The molecule has 0 spiro atoms. The van der Waals surface area contributed by atoms with Crippen molar-refractivity contribution in [2.75, 3.05) is 0 Å². The SMILES string of the molecule is N[C@@H]1CCC(=O)OC2=C(OC1=O)C(=O)C=CC2=O. The minimum absolute atomic E-state index is 0.0219. The second-order valence-corrected chi connectivity index (χ2v) is 3.76. The summed E-state index contributed by atoms with van der Waals surface area (Å²) in [6.07, 6.45) is 1.76. The molecule has 2 N–H and O–H groups in total. The Hall–Kier alpha value is -2.28. The van der Waals surface area contributed by atoms with Crippen LogP contribution in [0.25, 0.3) is 0 Å². The third kappa shape index (κ3) is 2.21. The van der Waals surface area contributed by atoms with E-state index >= 15 is 0 Å². The third-order valence-corrected chi connectivity index (χ3v) is 2.42. The molecule has 1 atom stereocenters. The van der Waals surface area contributed by atoms with Gasteiger partial charge in [-0.25, -0.2) is 4.79 Å². The van der Waals surface area contributed by atoms with Crippen LogP contribution in [0.3, 0.4) is 0 Å². The average Bonchev–Trinajstić information content (AvgIpc) is 2.38. The third-order valence-electron chi connectivity index (χ3n) is 2.42. The molecule has 18 heavy (non-hydrogen) atoms. The maximum absolute atomic E-state index is 11.5. The van der Waals surface area contributed by atoms with Gasteiger partial charge >= 0.3 is 11.9 Å². The van der Waals surface area contributed by atoms with E-state index in [0.717, 1.165) is 12.2 Å². The first-order valence-corrected chi connectivity index (χ1v) is 5.18. The van der Waals surface area contributed by atoms with Gasteiger partial charge < -0.3 is 15.2 Å². The topological polar surface area (TPSA) is 113 Å². The Labute approximate surface area is 101 Å². The molecule has 2 aliphatic rings. The standard InChI is InChI=1S/C11H9NO6/c12-5-1-4-8(15)17-9-6(13)2-3-7(14)10(9)18-11(5)16/h2-3,5H,1,4,12H2/t5-/m1/s1. The molecule has 0 bridgehead atoms. The van der Waals surface area contributed by atoms with Gasteiger partial charge in [0.15, 0.2) is 0 Å². The van der Waals surface area contributed by atoms with E-state index in [1.807, 2.05) is 0 Å². The number of allylic oxidation sites excluding steroid dienone is 2. The van der Waals surface area contributed by atoms with E-state index in [1.165, 1.54) is 0 Å². The van der Waals surface area contributed by atoms with Crippen molar-refractivity contribution in [2.24, 2.45) is 5.73 Å². The van der Waals surface area contributed by atoms with E-state index in [1.54, 1.807) is 0 Å². The number of nitrogens with two attached hydrogens (primary N) is 1. The largest absolute Gasteiger partial charge is 0.418 e. The highest BCUT2D eigenvalue weighted by Gasteiger charge is 2.33. The van der Waals surface area contributed by atoms with E-state index in [0.29, 0.717) is 0 Å². The van der Waals surface area contributed by atoms with Crippen LogP contribution in [0.2, 0.25) is 0 Å². The lowest BCUT2D eigenvalue weighted by Crippen LogP contribution is -2.33. The molecule has 0 amide bonds. The molecular formula is C11H9NO6. The van der Waals surface area contributed by atoms with E-state index in [2.05, 4.69) is 0 Å². The molecule has 7 nitrogen and oxygen atoms in total. The Balaban J connectivity index is 2.43. The lowest BCUT2D eigenvalue weighted by Gasteiger charge is -2.13. The van der Waals surface area contributed by atoms with Gasteiger partial charge in [0, 0.05) is 6.42 Å². The van der Waals surface area contributed by atoms with Crippen molar-refractivity contribution >= 4 is 23.5 Å². The summed E-state index contributed by atoms with van der Waals surface area (Å²) in [5.74, 6) is -4.20. The Morgan fingerprint density at radius 3 is 2.17 bits per heavy atom. The quantitative estimate of drug-likeness (QED) is 0.439. The molecular weight excluding hydrogens is 242 g/mol. The minimum Gasteiger partial charge on any atom is -0.418 e. The van der Waals surface area contributed by atoms with Crippen molar-refractivity contribution in [3.8, 4) is 0 Å². The van der Waals surface area contributed by atoms with Crippen LogP contribution < -0.4 is 5.73 Å². The van der Waals surface area contributed by atoms with Crippen molar-refractivity contribution in [1.82, 2.24) is 0 Å². The van der Waals surface area contributed by atoms with Crippen LogP contribution in [-0.2, 0) is 28.7 Å². The number of rotatable bonds is 0. The summed E-state index contributed by atoms with van der Waals surface area (Å²) in [5.41, 5.74) is 5.46. The fourth-order valence-corrected chi connectivity index (χ4v) is 1.45. The van der Waals surface area contributed by atoms with Crippen molar-refractivity contribution in [2.45, 2.75) is 18.9 Å². The first-order chi connectivity index (χ1) is 8.49. The van der Waals surface area contributed by atoms with Crippen molar-refractivity contribution < 1.29 is 28.7 Å². The Kier molecular flexibility index (Phi) is 3.07. The lowest BCUT2D eigenvalue weighted by molar-refractivity contribution is -0.145. The van der Waals surface area contributed by atoms with Crippen molar-refractivity contribution in [3.05, 3.63) is 23.7 Å². The van der Waals surface area contributed by atoms with E-state index in [9.17, 15) is 19.2 Å². The summed E-state index contributed by atoms with van der Waals surface area (Å²) in [4.78, 5) is 45.9. The van der Waals surface area contributed by atoms with E-state index < -0.39 is 41.1 Å². The van der Waals surface area contributed by atoms with Crippen LogP contribution in [0, 0.1) is 0 Å². The molecule has 0 aromatic carbocycles. The van der Waals surface area contributed by atoms with Crippen LogP contribution in [0.4, 0.5) is 0 Å². The van der Waals surface area contributed by atoms with Crippen LogP contribution in [-0.4, -0.2) is 29.5 Å². The highest BCUT2D eigenvalue weighted by Crippen LogP contribution is 2.20. The Bertz CT molecular complexity index is 516. The van der Waals surface area contributed by atoms with Crippen LogP contribution in [0.5, 0.6) is 0 Å². The van der Waals surface area contributed by atoms with Gasteiger partial charge in [-0.3, -0.25) is 14.4 Å². The molecule has 1 aliphatic heterocycles. The molecule has 0 aromatic heterocycles. The van der Waals surface area contributed by atoms with Crippen LogP contribution in [0.1, 0.15) is 12.8 Å². The van der Waals surface area contributed by atoms with Gasteiger partial charge in [0.25, 0.3) is 0 Å². The molecule has 0 radical (unpaired) electrons. The molecule has 0 saturated carbocycles. The highest BCUT2D eigenvalue weighted by atomic mass is 16.6. The smallest absolute Gasteiger partial charge is 0.328 e. The molecule has 1 heterocycles. The predicted molar refractivity (Wildman–Crippen MR) is 55.6 cm³/mol. The molecule has 0 saturated heterocycles.